The van der Waals surface area contributed by atoms with Gasteiger partial charge in [-0.15, -0.1) is 0 Å². The zero-order valence-electron chi connectivity index (χ0n) is 9.34. The van der Waals surface area contributed by atoms with Gasteiger partial charge in [0.2, 0.25) is 0 Å². The molecule has 0 bridgehead atoms. The normalized spacial score (nSPS) is 10.4. The van der Waals surface area contributed by atoms with Crippen LogP contribution in [0.1, 0.15) is 45.4 Å². The molecule has 0 atom stereocenters. The molecule has 0 saturated carbocycles. The Hall–Kier alpha value is 0.765. The largest absolute Gasteiger partial charge is 0.272 e. The van der Waals surface area contributed by atoms with E-state index in [9.17, 15) is 0 Å². The predicted octanol–water partition coefficient (Wildman–Crippen LogP) is 4.56. The average Bonchev–Trinajstić information content (AvgIpc) is 2.17. The zero-order chi connectivity index (χ0) is 9.94. The molecule has 0 aliphatic carbocycles. The molecule has 0 nitrogen and oxygen atoms in total. The van der Waals surface area contributed by atoms with E-state index in [2.05, 4.69) is 19.4 Å². The summed E-state index contributed by atoms with van der Waals surface area (Å²) < 4.78 is 0. The molecule has 0 aromatic rings. The van der Waals surface area contributed by atoms with Gasteiger partial charge in [0.25, 0.3) is 5.27 Å². The van der Waals surface area contributed by atoms with E-state index in [1.807, 2.05) is 23.2 Å². The molecule has 13 heavy (non-hydrogen) atoms. The lowest BCUT2D eigenvalue weighted by Gasteiger charge is -2.06. The van der Waals surface area contributed by atoms with Crippen LogP contribution in [0.2, 0.25) is 6.32 Å². The lowest BCUT2D eigenvalue weighted by atomic mass is 9.95. The smallest absolute Gasteiger partial charge is 0.199 e. The fourth-order valence-electron chi connectivity index (χ4n) is 1.42. The molecule has 0 unspecified atom stereocenters. The van der Waals surface area contributed by atoms with Gasteiger partial charge in [-0.25, -0.2) is 0 Å². The second-order valence-electron chi connectivity index (χ2n) is 3.46. The molecule has 0 aliphatic heterocycles. The van der Waals surface area contributed by atoms with Crippen LogP contribution >= 0.6 is 23.2 Å². The van der Waals surface area contributed by atoms with Crippen molar-refractivity contribution in [2.24, 2.45) is 0 Å². The molecule has 0 N–H and O–H groups in total. The predicted molar refractivity (Wildman–Crippen MR) is 71.0 cm³/mol. The molecule has 0 spiro atoms. The summed E-state index contributed by atoms with van der Waals surface area (Å²) in [6, 6.07) is 0. The summed E-state index contributed by atoms with van der Waals surface area (Å²) in [6.45, 7) is 2.28. The Morgan fingerprint density at radius 3 is 1.92 bits per heavy atom. The number of unbranched alkanes of at least 4 members (excludes halogenated alkanes) is 5. The molecule has 0 rings (SSSR count). The Morgan fingerprint density at radius 1 is 0.846 bits per heavy atom. The van der Waals surface area contributed by atoms with Crippen LogP contribution in [-0.4, -0.2) is 17.8 Å². The lowest BCUT2D eigenvalue weighted by Crippen LogP contribution is -1.99. The summed E-state index contributed by atoms with van der Waals surface area (Å²) in [7, 11) is 0. The summed E-state index contributed by atoms with van der Waals surface area (Å²) >= 11 is 4.00. The van der Waals surface area contributed by atoms with Crippen LogP contribution in [0.15, 0.2) is 0 Å². The number of hydrogen-bond donors (Lipinski definition) is 0. The summed E-state index contributed by atoms with van der Waals surface area (Å²) in [5, 5.41) is 0.839. The van der Waals surface area contributed by atoms with E-state index < -0.39 is 0 Å². The molecular formula is C10H23BS2. The van der Waals surface area contributed by atoms with Crippen LogP contribution in [0.25, 0.3) is 0 Å². The van der Waals surface area contributed by atoms with Crippen molar-refractivity contribution in [2.75, 3.05) is 12.5 Å². The number of rotatable bonds is 9. The van der Waals surface area contributed by atoms with Crippen molar-refractivity contribution in [3.8, 4) is 0 Å². The fourth-order valence-corrected chi connectivity index (χ4v) is 3.00. The first-order valence-electron chi connectivity index (χ1n) is 5.40. The van der Waals surface area contributed by atoms with Crippen LogP contribution < -0.4 is 0 Å². The van der Waals surface area contributed by atoms with E-state index in [1.165, 1.54) is 44.8 Å². The molecule has 0 saturated heterocycles. The maximum atomic E-state index is 2.28. The van der Waals surface area contributed by atoms with Gasteiger partial charge in [0, 0.05) is 0 Å². The van der Waals surface area contributed by atoms with Crippen molar-refractivity contribution in [3.05, 3.63) is 0 Å². The molecule has 0 heterocycles. The van der Waals surface area contributed by atoms with Gasteiger partial charge in [-0.05, 0) is 12.5 Å². The molecule has 0 radical (unpaired) electrons. The third-order valence-corrected chi connectivity index (χ3v) is 5.00. The molecule has 78 valence electrons. The minimum Gasteiger partial charge on any atom is -0.199 e. The van der Waals surface area contributed by atoms with Gasteiger partial charge in [-0.3, -0.25) is 0 Å². The first-order chi connectivity index (χ1) is 6.35. The van der Waals surface area contributed by atoms with E-state index in [1.54, 1.807) is 0 Å². The van der Waals surface area contributed by atoms with Gasteiger partial charge in [0.1, 0.15) is 0 Å². The van der Waals surface area contributed by atoms with Crippen molar-refractivity contribution in [1.82, 2.24) is 0 Å². The maximum absolute atomic E-state index is 2.28. The summed E-state index contributed by atoms with van der Waals surface area (Å²) in [5.41, 5.74) is 0. The van der Waals surface area contributed by atoms with E-state index in [-0.39, 0.29) is 0 Å². The Balaban J connectivity index is 3.05. The van der Waals surface area contributed by atoms with Crippen molar-refractivity contribution >= 4 is 28.5 Å². The van der Waals surface area contributed by atoms with Crippen LogP contribution in [0.3, 0.4) is 0 Å². The standard InChI is InChI=1S/C10H23BS2/c1-4-5-6-7-8-9-10-11(12-2)13-3/h4-10H2,1-3H3. The molecule has 0 aliphatic rings. The third kappa shape index (κ3) is 9.08. The highest BCUT2D eigenvalue weighted by molar-refractivity contribution is 8.53. The van der Waals surface area contributed by atoms with E-state index in [4.69, 9.17) is 0 Å². The Labute approximate surface area is 92.9 Å². The quantitative estimate of drug-likeness (QED) is 0.411. The second-order valence-corrected chi connectivity index (χ2v) is 5.84. The monoisotopic (exact) mass is 218 g/mol. The van der Waals surface area contributed by atoms with Crippen molar-refractivity contribution in [2.45, 2.75) is 51.8 Å². The first kappa shape index (κ1) is 13.8. The first-order valence-corrected chi connectivity index (χ1v) is 7.98. The topological polar surface area (TPSA) is 0 Å². The third-order valence-electron chi connectivity index (χ3n) is 2.32. The van der Waals surface area contributed by atoms with Gasteiger partial charge in [0.15, 0.2) is 0 Å². The minimum absolute atomic E-state index is 0.839. The Morgan fingerprint density at radius 2 is 1.38 bits per heavy atom. The van der Waals surface area contributed by atoms with Gasteiger partial charge in [0.05, 0.1) is 0 Å². The molecule has 0 amide bonds. The summed E-state index contributed by atoms with van der Waals surface area (Å²) in [6.07, 6.45) is 14.4. The van der Waals surface area contributed by atoms with Crippen LogP contribution in [0, 0.1) is 0 Å². The SMILES string of the molecule is CCCCCCCCB(SC)SC. The van der Waals surface area contributed by atoms with Crippen LogP contribution in [-0.2, 0) is 0 Å². The molecule has 0 aromatic carbocycles. The van der Waals surface area contributed by atoms with Crippen molar-refractivity contribution in [3.63, 3.8) is 0 Å². The molecule has 0 aromatic heterocycles. The second kappa shape index (κ2) is 10.8. The summed E-state index contributed by atoms with van der Waals surface area (Å²) in [4.78, 5) is 0. The average molecular weight is 218 g/mol. The highest BCUT2D eigenvalue weighted by Crippen LogP contribution is 2.21. The number of hydrogen-bond acceptors (Lipinski definition) is 2. The van der Waals surface area contributed by atoms with E-state index >= 15 is 0 Å². The Kier molecular flexibility index (Phi) is 11.5. The molecular weight excluding hydrogens is 195 g/mol. The van der Waals surface area contributed by atoms with Gasteiger partial charge in [-0.1, -0.05) is 51.8 Å². The maximum Gasteiger partial charge on any atom is 0.272 e. The van der Waals surface area contributed by atoms with Crippen LogP contribution in [0.4, 0.5) is 0 Å². The van der Waals surface area contributed by atoms with Crippen LogP contribution in [0.5, 0.6) is 0 Å². The molecule has 0 fully saturated rings. The van der Waals surface area contributed by atoms with E-state index in [0.29, 0.717) is 0 Å². The highest BCUT2D eigenvalue weighted by Gasteiger charge is 2.08. The zero-order valence-corrected chi connectivity index (χ0v) is 11.0. The van der Waals surface area contributed by atoms with Crippen molar-refractivity contribution < 1.29 is 0 Å². The van der Waals surface area contributed by atoms with Gasteiger partial charge >= 0.3 is 0 Å². The van der Waals surface area contributed by atoms with Crippen molar-refractivity contribution in [1.29, 1.82) is 0 Å². The fraction of sp³-hybridized carbons (Fsp3) is 1.00. The summed E-state index contributed by atoms with van der Waals surface area (Å²) in [5.74, 6) is 0. The molecule has 3 heteroatoms. The minimum atomic E-state index is 0.839. The lowest BCUT2D eigenvalue weighted by molar-refractivity contribution is 0.624. The van der Waals surface area contributed by atoms with Gasteiger partial charge in [-0.2, -0.15) is 23.2 Å². The Bertz CT molecular complexity index is 94.9. The highest BCUT2D eigenvalue weighted by atomic mass is 32.2. The van der Waals surface area contributed by atoms with E-state index in [0.717, 1.165) is 5.27 Å². The van der Waals surface area contributed by atoms with Gasteiger partial charge < -0.3 is 0 Å².